The fraction of sp³-hybridized carbons (Fsp3) is 0.231. The number of hydrogen-bond acceptors (Lipinski definition) is 5. The summed E-state index contributed by atoms with van der Waals surface area (Å²) < 4.78 is 5.30. The van der Waals surface area contributed by atoms with Gasteiger partial charge < -0.3 is 20.7 Å². The first kappa shape index (κ1) is 24.2. The normalized spacial score (nSPS) is 13.2. The van der Waals surface area contributed by atoms with Crippen LogP contribution in [0, 0.1) is 10.1 Å². The third-order valence-corrected chi connectivity index (χ3v) is 6.19. The van der Waals surface area contributed by atoms with Crippen molar-refractivity contribution in [3.63, 3.8) is 0 Å². The second-order valence-corrected chi connectivity index (χ2v) is 8.63. The first-order valence-corrected chi connectivity index (χ1v) is 11.7. The van der Waals surface area contributed by atoms with Crippen molar-refractivity contribution in [1.82, 2.24) is 5.32 Å². The Hall–Kier alpha value is -3.98. The Morgan fingerprint density at radius 1 is 1.00 bits per heavy atom. The van der Waals surface area contributed by atoms with Crippen LogP contribution >= 0.6 is 12.2 Å². The standard InChI is InChI=1S/C26H26N4O4S/c1-34-23-15-14-19(30(32)33)16-22(23)28-26(35)29-24(18-9-3-2-4-10-18)25(31)27-21-13-7-11-17-8-5-6-12-20(17)21/h2-4,7,9-11,13-16,24H,5-6,8,12H2,1H3,(H,27,31)(H2,28,29,35). The van der Waals surface area contributed by atoms with E-state index >= 15 is 0 Å². The average Bonchev–Trinajstić information content (AvgIpc) is 2.88. The van der Waals surface area contributed by atoms with E-state index in [1.807, 2.05) is 42.5 Å². The van der Waals surface area contributed by atoms with Gasteiger partial charge in [0.15, 0.2) is 5.11 Å². The summed E-state index contributed by atoms with van der Waals surface area (Å²) in [4.78, 5) is 24.2. The van der Waals surface area contributed by atoms with Crippen LogP contribution in [-0.4, -0.2) is 23.1 Å². The molecule has 0 fully saturated rings. The van der Waals surface area contributed by atoms with E-state index in [0.717, 1.165) is 36.9 Å². The Morgan fingerprint density at radius 2 is 1.77 bits per heavy atom. The molecule has 1 amide bonds. The molecule has 4 rings (SSSR count). The third kappa shape index (κ3) is 5.75. The summed E-state index contributed by atoms with van der Waals surface area (Å²) in [5.74, 6) is 0.127. The summed E-state index contributed by atoms with van der Waals surface area (Å²) in [6, 6.07) is 18.6. The predicted molar refractivity (Wildman–Crippen MR) is 140 cm³/mol. The smallest absolute Gasteiger partial charge is 0.271 e. The zero-order chi connectivity index (χ0) is 24.8. The fourth-order valence-corrected chi connectivity index (χ4v) is 4.47. The highest BCUT2D eigenvalue weighted by molar-refractivity contribution is 7.80. The highest BCUT2D eigenvalue weighted by Crippen LogP contribution is 2.30. The second-order valence-electron chi connectivity index (χ2n) is 8.22. The molecular formula is C26H26N4O4S. The number of benzene rings is 3. The van der Waals surface area contributed by atoms with E-state index in [1.54, 1.807) is 0 Å². The maximum Gasteiger partial charge on any atom is 0.271 e. The predicted octanol–water partition coefficient (Wildman–Crippen LogP) is 5.15. The lowest BCUT2D eigenvalue weighted by Gasteiger charge is -2.24. The quantitative estimate of drug-likeness (QED) is 0.239. The zero-order valence-corrected chi connectivity index (χ0v) is 20.1. The van der Waals surface area contributed by atoms with Crippen molar-refractivity contribution in [1.29, 1.82) is 0 Å². The topological polar surface area (TPSA) is 106 Å². The molecule has 0 spiro atoms. The number of carbonyl (C=O) groups is 1. The minimum Gasteiger partial charge on any atom is -0.495 e. The molecule has 8 nitrogen and oxygen atoms in total. The van der Waals surface area contributed by atoms with Crippen LogP contribution in [0.1, 0.15) is 35.6 Å². The van der Waals surface area contributed by atoms with Crippen LogP contribution < -0.4 is 20.7 Å². The van der Waals surface area contributed by atoms with E-state index in [0.29, 0.717) is 11.4 Å². The van der Waals surface area contributed by atoms with Gasteiger partial charge in [0.1, 0.15) is 11.8 Å². The summed E-state index contributed by atoms with van der Waals surface area (Å²) in [6.07, 6.45) is 4.19. The van der Waals surface area contributed by atoms with Crippen LogP contribution in [0.25, 0.3) is 0 Å². The summed E-state index contributed by atoms with van der Waals surface area (Å²) in [6.45, 7) is 0. The van der Waals surface area contributed by atoms with Gasteiger partial charge in [0.25, 0.3) is 11.6 Å². The van der Waals surface area contributed by atoms with Crippen molar-refractivity contribution < 1.29 is 14.5 Å². The third-order valence-electron chi connectivity index (χ3n) is 5.97. The highest BCUT2D eigenvalue weighted by atomic mass is 32.1. The number of fused-ring (bicyclic) bond motifs is 1. The average molecular weight is 491 g/mol. The Balaban J connectivity index is 1.57. The van der Waals surface area contributed by atoms with Crippen LogP contribution in [0.3, 0.4) is 0 Å². The van der Waals surface area contributed by atoms with Gasteiger partial charge in [-0.1, -0.05) is 42.5 Å². The molecule has 0 bridgehead atoms. The molecule has 0 heterocycles. The van der Waals surface area contributed by atoms with Crippen LogP contribution in [0.5, 0.6) is 5.75 Å². The van der Waals surface area contributed by atoms with E-state index in [-0.39, 0.29) is 16.7 Å². The minimum atomic E-state index is -0.791. The number of thiocarbonyl (C=S) groups is 1. The number of methoxy groups -OCH3 is 1. The van der Waals surface area contributed by atoms with Gasteiger partial charge >= 0.3 is 0 Å². The van der Waals surface area contributed by atoms with Gasteiger partial charge in [-0.25, -0.2) is 0 Å². The molecule has 0 saturated carbocycles. The number of amides is 1. The number of carbonyl (C=O) groups excluding carboxylic acids is 1. The lowest BCUT2D eigenvalue weighted by molar-refractivity contribution is -0.384. The van der Waals surface area contributed by atoms with E-state index in [9.17, 15) is 14.9 Å². The van der Waals surface area contributed by atoms with Crippen LogP contribution in [0.4, 0.5) is 17.1 Å². The molecule has 35 heavy (non-hydrogen) atoms. The number of non-ortho nitro benzene ring substituents is 1. The molecule has 3 aromatic rings. The first-order valence-electron chi connectivity index (χ1n) is 11.3. The summed E-state index contributed by atoms with van der Waals surface area (Å²) in [5.41, 5.74) is 4.21. The van der Waals surface area contributed by atoms with Crippen molar-refractivity contribution in [2.75, 3.05) is 17.7 Å². The molecular weight excluding hydrogens is 464 g/mol. The summed E-state index contributed by atoms with van der Waals surface area (Å²) in [5, 5.41) is 20.4. The molecule has 1 aliphatic rings. The Labute approximate surface area is 208 Å². The number of nitrogens with one attached hydrogen (secondary N) is 3. The molecule has 0 aliphatic heterocycles. The van der Waals surface area contributed by atoms with E-state index in [4.69, 9.17) is 17.0 Å². The molecule has 0 radical (unpaired) electrons. The second kappa shape index (κ2) is 11.0. The van der Waals surface area contributed by atoms with Gasteiger partial charge in [0.05, 0.1) is 17.7 Å². The van der Waals surface area contributed by atoms with Crippen LogP contribution in [-0.2, 0) is 17.6 Å². The first-order chi connectivity index (χ1) is 17.0. The number of hydrogen-bond donors (Lipinski definition) is 3. The molecule has 0 saturated heterocycles. The number of nitro benzene ring substituents is 1. The molecule has 1 unspecified atom stereocenters. The molecule has 0 aromatic heterocycles. The minimum absolute atomic E-state index is 0.109. The zero-order valence-electron chi connectivity index (χ0n) is 19.2. The Morgan fingerprint density at radius 3 is 2.51 bits per heavy atom. The number of nitrogens with zero attached hydrogens (tertiary/aromatic N) is 1. The summed E-state index contributed by atoms with van der Waals surface area (Å²) in [7, 11) is 1.46. The van der Waals surface area contributed by atoms with Crippen molar-refractivity contribution in [2.45, 2.75) is 31.7 Å². The fourth-order valence-electron chi connectivity index (χ4n) is 4.25. The highest BCUT2D eigenvalue weighted by Gasteiger charge is 2.24. The van der Waals surface area contributed by atoms with Gasteiger partial charge in [-0.2, -0.15) is 0 Å². The van der Waals surface area contributed by atoms with E-state index in [2.05, 4.69) is 22.0 Å². The largest absolute Gasteiger partial charge is 0.495 e. The molecule has 180 valence electrons. The maximum atomic E-state index is 13.5. The number of ether oxygens (including phenoxy) is 1. The van der Waals surface area contributed by atoms with Crippen molar-refractivity contribution in [3.05, 3.63) is 93.5 Å². The molecule has 9 heteroatoms. The summed E-state index contributed by atoms with van der Waals surface area (Å²) >= 11 is 5.48. The monoisotopic (exact) mass is 490 g/mol. The van der Waals surface area contributed by atoms with Crippen LogP contribution in [0.15, 0.2) is 66.7 Å². The van der Waals surface area contributed by atoms with Gasteiger partial charge in [0.2, 0.25) is 0 Å². The molecule has 1 atom stereocenters. The van der Waals surface area contributed by atoms with Gasteiger partial charge in [-0.05, 0) is 66.7 Å². The van der Waals surface area contributed by atoms with Crippen molar-refractivity contribution >= 4 is 40.3 Å². The number of anilines is 2. The number of nitro groups is 1. The lowest BCUT2D eigenvalue weighted by atomic mass is 9.90. The number of aryl methyl sites for hydroxylation is 1. The van der Waals surface area contributed by atoms with E-state index < -0.39 is 11.0 Å². The number of rotatable bonds is 7. The van der Waals surface area contributed by atoms with Gasteiger partial charge in [-0.15, -0.1) is 0 Å². The lowest BCUT2D eigenvalue weighted by Crippen LogP contribution is -2.39. The SMILES string of the molecule is COc1ccc([N+](=O)[O-])cc1NC(=S)NC(C(=O)Nc1cccc2c1CCCC2)c1ccccc1. The van der Waals surface area contributed by atoms with Gasteiger partial charge in [-0.3, -0.25) is 14.9 Å². The maximum absolute atomic E-state index is 13.5. The van der Waals surface area contributed by atoms with Crippen molar-refractivity contribution in [2.24, 2.45) is 0 Å². The van der Waals surface area contributed by atoms with Crippen molar-refractivity contribution in [3.8, 4) is 5.75 Å². The molecule has 3 aromatic carbocycles. The van der Waals surface area contributed by atoms with E-state index in [1.165, 1.54) is 36.4 Å². The van der Waals surface area contributed by atoms with Gasteiger partial charge in [0, 0.05) is 17.8 Å². The van der Waals surface area contributed by atoms with Crippen LogP contribution in [0.2, 0.25) is 0 Å². The Bertz CT molecular complexity index is 1250. The molecule has 3 N–H and O–H groups in total. The molecule has 1 aliphatic carbocycles. The Kier molecular flexibility index (Phi) is 7.57.